The van der Waals surface area contributed by atoms with Gasteiger partial charge in [-0.25, -0.2) is 4.79 Å². The van der Waals surface area contributed by atoms with Crippen molar-refractivity contribution in [3.05, 3.63) is 94.6 Å². The third kappa shape index (κ3) is 4.42. The molecule has 0 fully saturated rings. The zero-order valence-corrected chi connectivity index (χ0v) is 16.8. The van der Waals surface area contributed by atoms with Gasteiger partial charge in [-0.15, -0.1) is 0 Å². The van der Waals surface area contributed by atoms with Gasteiger partial charge in [-0.1, -0.05) is 41.0 Å². The summed E-state index contributed by atoms with van der Waals surface area (Å²) >= 11 is 5.96. The number of hydrogen-bond acceptors (Lipinski definition) is 5. The lowest BCUT2D eigenvalue weighted by Crippen LogP contribution is -1.99. The van der Waals surface area contributed by atoms with Gasteiger partial charge < -0.3 is 14.4 Å². The molecule has 0 saturated heterocycles. The van der Waals surface area contributed by atoms with Gasteiger partial charge in [0.2, 0.25) is 0 Å². The molecule has 4 aromatic rings. The minimum absolute atomic E-state index is 0.171. The van der Waals surface area contributed by atoms with Gasteiger partial charge in [0.1, 0.15) is 12.4 Å². The molecule has 4 rings (SSSR count). The molecule has 0 aliphatic rings. The van der Waals surface area contributed by atoms with Crippen LogP contribution in [0.2, 0.25) is 5.02 Å². The lowest BCUT2D eigenvalue weighted by atomic mass is 9.99. The second kappa shape index (κ2) is 8.74. The molecule has 0 bridgehead atoms. The van der Waals surface area contributed by atoms with Crippen LogP contribution in [0.5, 0.6) is 5.75 Å². The monoisotopic (exact) mass is 430 g/mol. The van der Waals surface area contributed by atoms with Gasteiger partial charge in [-0.05, 0) is 59.7 Å². The molecule has 31 heavy (non-hydrogen) atoms. The maximum atomic E-state index is 11.6. The first-order chi connectivity index (χ1) is 15.0. The van der Waals surface area contributed by atoms with Crippen molar-refractivity contribution >= 4 is 17.6 Å². The quantitative estimate of drug-likeness (QED) is 0.414. The van der Waals surface area contributed by atoms with Crippen molar-refractivity contribution in [1.82, 2.24) is 5.16 Å². The zero-order valence-electron chi connectivity index (χ0n) is 16.1. The molecular weight excluding hydrogens is 416 g/mol. The van der Waals surface area contributed by atoms with E-state index in [9.17, 15) is 9.90 Å². The van der Waals surface area contributed by atoms with Crippen molar-refractivity contribution in [1.29, 1.82) is 5.26 Å². The summed E-state index contributed by atoms with van der Waals surface area (Å²) in [7, 11) is 0. The number of benzene rings is 3. The number of nitriles is 1. The van der Waals surface area contributed by atoms with Crippen molar-refractivity contribution < 1.29 is 19.2 Å². The van der Waals surface area contributed by atoms with E-state index in [0.717, 1.165) is 5.56 Å². The molecule has 0 amide bonds. The van der Waals surface area contributed by atoms with E-state index in [-0.39, 0.29) is 5.69 Å². The van der Waals surface area contributed by atoms with E-state index in [1.54, 1.807) is 60.7 Å². The average molecular weight is 431 g/mol. The SMILES string of the molecule is N#Cc1cccc(COc2ccc(-c3onc(C(=O)O)c3-c3ccc(Cl)cc3)cc2)c1. The predicted octanol–water partition coefficient (Wildman–Crippen LogP) is 5.81. The number of aromatic nitrogens is 1. The van der Waals surface area contributed by atoms with E-state index in [4.69, 9.17) is 26.1 Å². The van der Waals surface area contributed by atoms with Crippen LogP contribution in [0.25, 0.3) is 22.5 Å². The predicted molar refractivity (Wildman–Crippen MR) is 115 cm³/mol. The van der Waals surface area contributed by atoms with E-state index in [1.807, 2.05) is 12.1 Å². The molecule has 0 radical (unpaired) electrons. The van der Waals surface area contributed by atoms with Gasteiger partial charge in [0.15, 0.2) is 11.5 Å². The van der Waals surface area contributed by atoms with Gasteiger partial charge in [-0.3, -0.25) is 0 Å². The van der Waals surface area contributed by atoms with E-state index < -0.39 is 5.97 Å². The fourth-order valence-corrected chi connectivity index (χ4v) is 3.24. The van der Waals surface area contributed by atoms with Crippen molar-refractivity contribution in [3.8, 4) is 34.3 Å². The van der Waals surface area contributed by atoms with E-state index >= 15 is 0 Å². The van der Waals surface area contributed by atoms with Crippen LogP contribution >= 0.6 is 11.6 Å². The minimum atomic E-state index is -1.18. The highest BCUT2D eigenvalue weighted by atomic mass is 35.5. The molecule has 7 heteroatoms. The fourth-order valence-electron chi connectivity index (χ4n) is 3.12. The van der Waals surface area contributed by atoms with E-state index in [1.165, 1.54) is 0 Å². The Morgan fingerprint density at radius 2 is 1.77 bits per heavy atom. The summed E-state index contributed by atoms with van der Waals surface area (Å²) in [6.07, 6.45) is 0. The number of nitrogens with zero attached hydrogens (tertiary/aromatic N) is 2. The largest absolute Gasteiger partial charge is 0.489 e. The van der Waals surface area contributed by atoms with Gasteiger partial charge in [0.25, 0.3) is 0 Å². The van der Waals surface area contributed by atoms with Crippen LogP contribution in [0.15, 0.2) is 77.3 Å². The Morgan fingerprint density at radius 3 is 2.45 bits per heavy atom. The maximum absolute atomic E-state index is 11.6. The summed E-state index contributed by atoms with van der Waals surface area (Å²) in [6.45, 7) is 0.316. The standard InChI is InChI=1S/C24H15ClN2O4/c25-19-8-4-17(5-9-19)21-22(24(28)29)27-31-23(21)18-6-10-20(11-7-18)30-14-16-3-1-2-15(12-16)13-26/h1-12H,14H2,(H,28,29). The van der Waals surface area contributed by atoms with Gasteiger partial charge in [-0.2, -0.15) is 5.26 Å². The smallest absolute Gasteiger partial charge is 0.358 e. The number of carboxylic acid groups (broad SMARTS) is 1. The minimum Gasteiger partial charge on any atom is -0.489 e. The number of ether oxygens (including phenoxy) is 1. The molecule has 1 N–H and O–H groups in total. The Bertz CT molecular complexity index is 1270. The van der Waals surface area contributed by atoms with Gasteiger partial charge in [0.05, 0.1) is 17.2 Å². The van der Waals surface area contributed by atoms with E-state index in [2.05, 4.69) is 11.2 Å². The third-order valence-electron chi connectivity index (χ3n) is 4.61. The molecular formula is C24H15ClN2O4. The number of rotatable bonds is 6. The summed E-state index contributed by atoms with van der Waals surface area (Å²) in [4.78, 5) is 11.6. The van der Waals surface area contributed by atoms with Crippen molar-refractivity contribution in [2.75, 3.05) is 0 Å². The fraction of sp³-hybridized carbons (Fsp3) is 0.0417. The first kappa shape index (κ1) is 20.2. The molecule has 0 aliphatic carbocycles. The summed E-state index contributed by atoms with van der Waals surface area (Å²) in [5.41, 5.74) is 2.96. The summed E-state index contributed by atoms with van der Waals surface area (Å²) in [6, 6.07) is 23.2. The van der Waals surface area contributed by atoms with Gasteiger partial charge in [0, 0.05) is 10.6 Å². The Kier molecular flexibility index (Phi) is 5.69. The molecule has 0 saturated carbocycles. The van der Waals surface area contributed by atoms with Crippen LogP contribution in [0, 0.1) is 11.3 Å². The number of carboxylic acids is 1. The van der Waals surface area contributed by atoms with Crippen LogP contribution in [0.1, 0.15) is 21.6 Å². The molecule has 1 aromatic heterocycles. The average Bonchev–Trinajstić information content (AvgIpc) is 3.24. The third-order valence-corrected chi connectivity index (χ3v) is 4.86. The van der Waals surface area contributed by atoms with Crippen molar-refractivity contribution in [2.24, 2.45) is 0 Å². The topological polar surface area (TPSA) is 96.4 Å². The first-order valence-corrected chi connectivity index (χ1v) is 9.64. The lowest BCUT2D eigenvalue weighted by Gasteiger charge is -2.08. The summed E-state index contributed by atoms with van der Waals surface area (Å²) in [5.74, 6) is -0.218. The molecule has 3 aromatic carbocycles. The van der Waals surface area contributed by atoms with Crippen molar-refractivity contribution in [2.45, 2.75) is 6.61 Å². The molecule has 1 heterocycles. The number of aromatic carboxylic acids is 1. The lowest BCUT2D eigenvalue weighted by molar-refractivity contribution is 0.0686. The van der Waals surface area contributed by atoms with Crippen LogP contribution in [-0.2, 0) is 6.61 Å². The number of hydrogen-bond donors (Lipinski definition) is 1. The van der Waals surface area contributed by atoms with Crippen LogP contribution in [-0.4, -0.2) is 16.2 Å². The Hall–Kier alpha value is -4.08. The van der Waals surface area contributed by atoms with Crippen LogP contribution in [0.4, 0.5) is 0 Å². The van der Waals surface area contributed by atoms with Crippen molar-refractivity contribution in [3.63, 3.8) is 0 Å². The Labute approximate surface area is 182 Å². The number of halogens is 1. The highest BCUT2D eigenvalue weighted by Crippen LogP contribution is 2.36. The Morgan fingerprint density at radius 1 is 1.06 bits per heavy atom. The zero-order chi connectivity index (χ0) is 21.8. The number of carbonyl (C=O) groups is 1. The highest BCUT2D eigenvalue weighted by molar-refractivity contribution is 6.30. The van der Waals surface area contributed by atoms with Crippen LogP contribution < -0.4 is 4.74 Å². The molecule has 0 aliphatic heterocycles. The molecule has 6 nitrogen and oxygen atoms in total. The second-order valence-corrected chi connectivity index (χ2v) is 7.11. The van der Waals surface area contributed by atoms with Gasteiger partial charge >= 0.3 is 5.97 Å². The second-order valence-electron chi connectivity index (χ2n) is 6.67. The Balaban J connectivity index is 1.60. The first-order valence-electron chi connectivity index (χ1n) is 9.26. The molecule has 0 spiro atoms. The van der Waals surface area contributed by atoms with E-state index in [0.29, 0.717) is 45.4 Å². The maximum Gasteiger partial charge on any atom is 0.358 e. The molecule has 152 valence electrons. The summed E-state index contributed by atoms with van der Waals surface area (Å²) in [5, 5.41) is 22.8. The molecule has 0 atom stereocenters. The van der Waals surface area contributed by atoms with Crippen LogP contribution in [0.3, 0.4) is 0 Å². The summed E-state index contributed by atoms with van der Waals surface area (Å²) < 4.78 is 11.2. The normalized spacial score (nSPS) is 10.5. The molecule has 0 unspecified atom stereocenters. The highest BCUT2D eigenvalue weighted by Gasteiger charge is 2.24.